The van der Waals surface area contributed by atoms with Crippen molar-refractivity contribution in [2.24, 2.45) is 0 Å². The molecule has 2 aliphatic heterocycles. The van der Waals surface area contributed by atoms with E-state index in [-0.39, 0.29) is 18.5 Å². The Labute approximate surface area is 138 Å². The molecule has 0 bridgehead atoms. The van der Waals surface area contributed by atoms with Crippen LogP contribution in [0.4, 0.5) is 13.2 Å². The molecule has 0 radical (unpaired) electrons. The zero-order chi connectivity index (χ0) is 17.3. The van der Waals surface area contributed by atoms with E-state index in [4.69, 9.17) is 0 Å². The SMILES string of the molecule is O=C1C(N2CC[C@@H](O)C2)CCCN1Cc1cccc(C(F)(F)F)c1. The lowest BCUT2D eigenvalue weighted by atomic mass is 10.0. The lowest BCUT2D eigenvalue weighted by Crippen LogP contribution is -2.51. The molecule has 1 aromatic rings. The number of carbonyl (C=O) groups excluding carboxylic acids is 1. The van der Waals surface area contributed by atoms with E-state index in [0.29, 0.717) is 31.6 Å². The number of hydrogen-bond donors (Lipinski definition) is 1. The Morgan fingerprint density at radius 1 is 1.21 bits per heavy atom. The molecular formula is C17H21F3N2O2. The van der Waals surface area contributed by atoms with E-state index < -0.39 is 17.8 Å². The van der Waals surface area contributed by atoms with Crippen molar-refractivity contribution < 1.29 is 23.1 Å². The van der Waals surface area contributed by atoms with Crippen molar-refractivity contribution in [3.8, 4) is 0 Å². The van der Waals surface area contributed by atoms with Crippen LogP contribution in [-0.4, -0.2) is 52.6 Å². The van der Waals surface area contributed by atoms with Gasteiger partial charge in [-0.05, 0) is 37.0 Å². The van der Waals surface area contributed by atoms with Crippen molar-refractivity contribution in [1.29, 1.82) is 0 Å². The molecular weight excluding hydrogens is 321 g/mol. The van der Waals surface area contributed by atoms with E-state index >= 15 is 0 Å². The number of benzene rings is 1. The van der Waals surface area contributed by atoms with Crippen LogP contribution in [0, 0.1) is 0 Å². The second-order valence-corrected chi connectivity index (χ2v) is 6.55. The van der Waals surface area contributed by atoms with Gasteiger partial charge >= 0.3 is 6.18 Å². The standard InChI is InChI=1S/C17H21F3N2O2/c18-17(19,20)13-4-1-3-12(9-13)10-22-7-2-5-15(16(22)24)21-8-6-14(23)11-21/h1,3-4,9,14-15,23H,2,5-8,10-11H2/t14-,15?/m1/s1. The van der Waals surface area contributed by atoms with Crippen LogP contribution in [-0.2, 0) is 17.5 Å². The Morgan fingerprint density at radius 3 is 2.67 bits per heavy atom. The van der Waals surface area contributed by atoms with E-state index in [9.17, 15) is 23.1 Å². The summed E-state index contributed by atoms with van der Waals surface area (Å²) >= 11 is 0. The predicted molar refractivity (Wildman–Crippen MR) is 82.1 cm³/mol. The van der Waals surface area contributed by atoms with Crippen LogP contribution < -0.4 is 0 Å². The van der Waals surface area contributed by atoms with Crippen molar-refractivity contribution in [2.75, 3.05) is 19.6 Å². The summed E-state index contributed by atoms with van der Waals surface area (Å²) in [5.74, 6) is -0.0484. The molecule has 0 saturated carbocycles. The van der Waals surface area contributed by atoms with Gasteiger partial charge in [0.25, 0.3) is 0 Å². The van der Waals surface area contributed by atoms with E-state index in [1.807, 2.05) is 4.90 Å². The third-order valence-corrected chi connectivity index (χ3v) is 4.77. The molecule has 1 amide bonds. The van der Waals surface area contributed by atoms with E-state index in [2.05, 4.69) is 0 Å². The highest BCUT2D eigenvalue weighted by atomic mass is 19.4. The highest BCUT2D eigenvalue weighted by molar-refractivity contribution is 5.82. The number of nitrogens with zero attached hydrogens (tertiary/aromatic N) is 2. The first-order chi connectivity index (χ1) is 11.3. The van der Waals surface area contributed by atoms with Crippen LogP contribution >= 0.6 is 0 Å². The number of hydrogen-bond acceptors (Lipinski definition) is 3. The number of alkyl halides is 3. The quantitative estimate of drug-likeness (QED) is 0.916. The van der Waals surface area contributed by atoms with Gasteiger partial charge in [0, 0.05) is 26.2 Å². The first-order valence-electron chi connectivity index (χ1n) is 8.21. The van der Waals surface area contributed by atoms with Gasteiger partial charge < -0.3 is 10.0 Å². The van der Waals surface area contributed by atoms with Crippen LogP contribution in [0.2, 0.25) is 0 Å². The maximum Gasteiger partial charge on any atom is 0.416 e. The molecule has 1 N–H and O–H groups in total. The number of aliphatic hydroxyl groups excluding tert-OH is 1. The minimum Gasteiger partial charge on any atom is -0.392 e. The topological polar surface area (TPSA) is 43.8 Å². The molecule has 2 aliphatic rings. The Morgan fingerprint density at radius 2 is 2.00 bits per heavy atom. The summed E-state index contributed by atoms with van der Waals surface area (Å²) in [5.41, 5.74) is -0.205. The van der Waals surface area contributed by atoms with E-state index in [0.717, 1.165) is 25.0 Å². The summed E-state index contributed by atoms with van der Waals surface area (Å²) in [6.07, 6.45) is -2.54. The van der Waals surface area contributed by atoms with E-state index in [1.54, 1.807) is 11.0 Å². The number of rotatable bonds is 3. The van der Waals surface area contributed by atoms with Crippen LogP contribution in [0.15, 0.2) is 24.3 Å². The van der Waals surface area contributed by atoms with Gasteiger partial charge in [-0.1, -0.05) is 12.1 Å². The summed E-state index contributed by atoms with van der Waals surface area (Å²) in [4.78, 5) is 16.3. The predicted octanol–water partition coefficient (Wildman–Crippen LogP) is 2.26. The lowest BCUT2D eigenvalue weighted by molar-refractivity contribution is -0.140. The zero-order valence-electron chi connectivity index (χ0n) is 13.3. The first kappa shape index (κ1) is 17.2. The third kappa shape index (κ3) is 3.72. The molecule has 2 fully saturated rings. The Balaban J connectivity index is 1.70. The fourth-order valence-electron chi connectivity index (χ4n) is 3.53. The van der Waals surface area contributed by atoms with Gasteiger partial charge in [0.05, 0.1) is 17.7 Å². The second kappa shape index (κ2) is 6.72. The zero-order valence-corrected chi connectivity index (χ0v) is 13.3. The number of halogens is 3. The molecule has 0 aliphatic carbocycles. The fourth-order valence-corrected chi connectivity index (χ4v) is 3.53. The highest BCUT2D eigenvalue weighted by Gasteiger charge is 2.36. The Hall–Kier alpha value is -1.60. The molecule has 4 nitrogen and oxygen atoms in total. The largest absolute Gasteiger partial charge is 0.416 e. The smallest absolute Gasteiger partial charge is 0.392 e. The average molecular weight is 342 g/mol. The van der Waals surface area contributed by atoms with Crippen LogP contribution in [0.3, 0.4) is 0 Å². The van der Waals surface area contributed by atoms with Crippen molar-refractivity contribution in [3.63, 3.8) is 0 Å². The van der Waals surface area contributed by atoms with Crippen LogP contribution in [0.5, 0.6) is 0 Å². The van der Waals surface area contributed by atoms with E-state index in [1.165, 1.54) is 6.07 Å². The maximum absolute atomic E-state index is 12.8. The molecule has 7 heteroatoms. The molecule has 1 unspecified atom stereocenters. The molecule has 132 valence electrons. The number of carbonyl (C=O) groups is 1. The number of piperidine rings is 1. The molecule has 1 aromatic carbocycles. The van der Waals surface area contributed by atoms with Gasteiger partial charge in [-0.25, -0.2) is 0 Å². The van der Waals surface area contributed by atoms with Gasteiger partial charge in [0.2, 0.25) is 5.91 Å². The molecule has 0 aromatic heterocycles. The first-order valence-corrected chi connectivity index (χ1v) is 8.21. The van der Waals surface area contributed by atoms with Crippen molar-refractivity contribution in [2.45, 2.75) is 44.1 Å². The summed E-state index contributed by atoms with van der Waals surface area (Å²) in [7, 11) is 0. The molecule has 24 heavy (non-hydrogen) atoms. The van der Waals surface area contributed by atoms with Gasteiger partial charge in [0.1, 0.15) is 0 Å². The molecule has 0 spiro atoms. The number of likely N-dealkylation sites (tertiary alicyclic amines) is 2. The molecule has 3 rings (SSSR count). The van der Waals surface area contributed by atoms with Gasteiger partial charge in [0.15, 0.2) is 0 Å². The monoisotopic (exact) mass is 342 g/mol. The maximum atomic E-state index is 12.8. The van der Waals surface area contributed by atoms with Crippen molar-refractivity contribution in [3.05, 3.63) is 35.4 Å². The average Bonchev–Trinajstić information content (AvgIpc) is 2.95. The summed E-state index contributed by atoms with van der Waals surface area (Å²) < 4.78 is 38.4. The van der Waals surface area contributed by atoms with Crippen LogP contribution in [0.1, 0.15) is 30.4 Å². The molecule has 2 saturated heterocycles. The molecule has 2 atom stereocenters. The van der Waals surface area contributed by atoms with Gasteiger partial charge in [-0.2, -0.15) is 13.2 Å². The van der Waals surface area contributed by atoms with Crippen molar-refractivity contribution >= 4 is 5.91 Å². The summed E-state index contributed by atoms with van der Waals surface area (Å²) in [6, 6.07) is 4.88. The lowest BCUT2D eigenvalue weighted by Gasteiger charge is -2.36. The minimum absolute atomic E-state index is 0.0484. The Kier molecular flexibility index (Phi) is 4.83. The normalized spacial score (nSPS) is 26.2. The third-order valence-electron chi connectivity index (χ3n) is 4.77. The van der Waals surface area contributed by atoms with Crippen LogP contribution in [0.25, 0.3) is 0 Å². The Bertz CT molecular complexity index is 606. The fraction of sp³-hybridized carbons (Fsp3) is 0.588. The van der Waals surface area contributed by atoms with Gasteiger partial charge in [-0.3, -0.25) is 9.69 Å². The number of amides is 1. The number of aliphatic hydroxyl groups is 1. The highest BCUT2D eigenvalue weighted by Crippen LogP contribution is 2.30. The molecule has 2 heterocycles. The number of β-amino-alcohol motifs (C(OH)–C–C–N with tert-alkyl or cyclic N) is 1. The van der Waals surface area contributed by atoms with Crippen molar-refractivity contribution in [1.82, 2.24) is 9.80 Å². The second-order valence-electron chi connectivity index (χ2n) is 6.55. The summed E-state index contributed by atoms with van der Waals surface area (Å²) in [6.45, 7) is 1.93. The summed E-state index contributed by atoms with van der Waals surface area (Å²) in [5, 5.41) is 9.65. The van der Waals surface area contributed by atoms with Gasteiger partial charge in [-0.15, -0.1) is 0 Å². The minimum atomic E-state index is -4.38.